The third-order valence-electron chi connectivity index (χ3n) is 3.64. The Labute approximate surface area is 98.4 Å². The summed E-state index contributed by atoms with van der Waals surface area (Å²) >= 11 is 0. The van der Waals surface area contributed by atoms with Crippen LogP contribution in [0.4, 0.5) is 0 Å². The molecule has 0 aromatic rings. The van der Waals surface area contributed by atoms with Crippen LogP contribution in [0.5, 0.6) is 0 Å². The van der Waals surface area contributed by atoms with Gasteiger partial charge in [-0.2, -0.15) is 0 Å². The zero-order chi connectivity index (χ0) is 11.6. The van der Waals surface area contributed by atoms with Gasteiger partial charge in [-0.3, -0.25) is 0 Å². The summed E-state index contributed by atoms with van der Waals surface area (Å²) < 4.78 is 25.8. The maximum Gasteiger partial charge on any atom is 0.214 e. The summed E-state index contributed by atoms with van der Waals surface area (Å²) in [4.78, 5) is 0. The van der Waals surface area contributed by atoms with Gasteiger partial charge < -0.3 is 5.32 Å². The Bertz CT molecular complexity index is 317. The molecular weight excluding hydrogens is 224 g/mol. The minimum atomic E-state index is -3.01. The molecule has 4 nitrogen and oxygen atoms in total. The lowest BCUT2D eigenvalue weighted by Gasteiger charge is -2.26. The van der Waals surface area contributed by atoms with Crippen LogP contribution in [-0.4, -0.2) is 44.7 Å². The van der Waals surface area contributed by atoms with E-state index in [1.165, 1.54) is 0 Å². The molecule has 94 valence electrons. The lowest BCUT2D eigenvalue weighted by molar-refractivity contribution is 0.340. The molecule has 1 aliphatic carbocycles. The summed E-state index contributed by atoms with van der Waals surface area (Å²) in [7, 11) is -1.25. The first-order chi connectivity index (χ1) is 7.59. The standard InChI is InChI=1S/C11H22N2O2S/c1-13(11-3-2-7-12-8-6-11)16(14,15)9-10-4-5-10/h10-12H,2-9H2,1H3. The fourth-order valence-corrected chi connectivity index (χ4v) is 4.12. The van der Waals surface area contributed by atoms with Crippen molar-refractivity contribution in [3.05, 3.63) is 0 Å². The Morgan fingerprint density at radius 3 is 2.62 bits per heavy atom. The molecule has 0 radical (unpaired) electrons. The minimum Gasteiger partial charge on any atom is -0.317 e. The zero-order valence-electron chi connectivity index (χ0n) is 9.98. The van der Waals surface area contributed by atoms with E-state index in [4.69, 9.17) is 0 Å². The first kappa shape index (κ1) is 12.3. The number of hydrogen-bond donors (Lipinski definition) is 1. The van der Waals surface area contributed by atoms with Crippen molar-refractivity contribution in [2.75, 3.05) is 25.9 Å². The quantitative estimate of drug-likeness (QED) is 0.798. The van der Waals surface area contributed by atoms with Gasteiger partial charge >= 0.3 is 0 Å². The molecule has 1 saturated carbocycles. The van der Waals surface area contributed by atoms with Crippen LogP contribution in [0.15, 0.2) is 0 Å². The number of nitrogens with zero attached hydrogens (tertiary/aromatic N) is 1. The minimum absolute atomic E-state index is 0.207. The summed E-state index contributed by atoms with van der Waals surface area (Å²) in [6, 6.07) is 0.207. The van der Waals surface area contributed by atoms with Crippen molar-refractivity contribution in [3.8, 4) is 0 Å². The highest BCUT2D eigenvalue weighted by molar-refractivity contribution is 7.89. The highest BCUT2D eigenvalue weighted by Gasteiger charge is 2.33. The monoisotopic (exact) mass is 246 g/mol. The van der Waals surface area contributed by atoms with Crippen molar-refractivity contribution >= 4 is 10.0 Å². The topological polar surface area (TPSA) is 49.4 Å². The van der Waals surface area contributed by atoms with Gasteiger partial charge in [-0.15, -0.1) is 0 Å². The van der Waals surface area contributed by atoms with Gasteiger partial charge in [0.1, 0.15) is 0 Å². The van der Waals surface area contributed by atoms with Crippen molar-refractivity contribution in [2.45, 2.75) is 38.1 Å². The molecule has 1 aliphatic heterocycles. The summed E-state index contributed by atoms with van der Waals surface area (Å²) in [5.41, 5.74) is 0. The molecule has 0 bridgehead atoms. The predicted molar refractivity (Wildman–Crippen MR) is 64.8 cm³/mol. The lowest BCUT2D eigenvalue weighted by atomic mass is 10.1. The van der Waals surface area contributed by atoms with Gasteiger partial charge in [0.25, 0.3) is 0 Å². The van der Waals surface area contributed by atoms with Crippen LogP contribution < -0.4 is 5.32 Å². The Morgan fingerprint density at radius 1 is 1.19 bits per heavy atom. The fraction of sp³-hybridized carbons (Fsp3) is 1.00. The molecular formula is C11H22N2O2S. The first-order valence-electron chi connectivity index (χ1n) is 6.26. The molecule has 1 heterocycles. The Balaban J connectivity index is 1.95. The Morgan fingerprint density at radius 2 is 1.94 bits per heavy atom. The molecule has 2 rings (SSSR count). The second kappa shape index (κ2) is 5.02. The Hall–Kier alpha value is -0.130. The maximum atomic E-state index is 12.1. The average Bonchev–Trinajstić information content (AvgIpc) is 3.02. The molecule has 0 aromatic heterocycles. The predicted octanol–water partition coefficient (Wildman–Crippen LogP) is 0.800. The SMILES string of the molecule is CN(C1CCCNCC1)S(=O)(=O)CC1CC1. The lowest BCUT2D eigenvalue weighted by Crippen LogP contribution is -2.39. The van der Waals surface area contributed by atoms with Crippen LogP contribution in [0.1, 0.15) is 32.1 Å². The molecule has 1 saturated heterocycles. The second-order valence-electron chi connectivity index (χ2n) is 5.07. The van der Waals surface area contributed by atoms with E-state index in [-0.39, 0.29) is 6.04 Å². The molecule has 5 heteroatoms. The Kier molecular flexibility index (Phi) is 3.87. The van der Waals surface area contributed by atoms with Crippen LogP contribution >= 0.6 is 0 Å². The number of rotatable bonds is 4. The highest BCUT2D eigenvalue weighted by atomic mass is 32.2. The van der Waals surface area contributed by atoms with E-state index in [1.807, 2.05) is 0 Å². The molecule has 1 N–H and O–H groups in total. The van der Waals surface area contributed by atoms with E-state index >= 15 is 0 Å². The van der Waals surface area contributed by atoms with Crippen LogP contribution in [0.3, 0.4) is 0 Å². The normalized spacial score (nSPS) is 28.0. The van der Waals surface area contributed by atoms with E-state index in [9.17, 15) is 8.42 Å². The summed E-state index contributed by atoms with van der Waals surface area (Å²) in [5, 5.41) is 3.32. The van der Waals surface area contributed by atoms with Crippen LogP contribution in [-0.2, 0) is 10.0 Å². The van der Waals surface area contributed by atoms with E-state index < -0.39 is 10.0 Å². The van der Waals surface area contributed by atoms with E-state index in [1.54, 1.807) is 11.4 Å². The molecule has 1 atom stereocenters. The summed E-state index contributed by atoms with van der Waals surface area (Å²) in [5.74, 6) is 0.810. The zero-order valence-corrected chi connectivity index (χ0v) is 10.8. The van der Waals surface area contributed by atoms with Gasteiger partial charge in [0.15, 0.2) is 0 Å². The van der Waals surface area contributed by atoms with Crippen molar-refractivity contribution in [2.24, 2.45) is 5.92 Å². The van der Waals surface area contributed by atoms with Gasteiger partial charge in [0.05, 0.1) is 5.75 Å². The van der Waals surface area contributed by atoms with Gasteiger partial charge in [-0.25, -0.2) is 12.7 Å². The highest BCUT2D eigenvalue weighted by Crippen LogP contribution is 2.31. The molecule has 0 amide bonds. The number of sulfonamides is 1. The van der Waals surface area contributed by atoms with Gasteiger partial charge in [0.2, 0.25) is 10.0 Å². The second-order valence-corrected chi connectivity index (χ2v) is 7.15. The third-order valence-corrected chi connectivity index (χ3v) is 5.71. The van der Waals surface area contributed by atoms with Crippen LogP contribution in [0.25, 0.3) is 0 Å². The van der Waals surface area contributed by atoms with Crippen LogP contribution in [0, 0.1) is 5.92 Å². The van der Waals surface area contributed by atoms with Gasteiger partial charge in [-0.1, -0.05) is 0 Å². The van der Waals surface area contributed by atoms with E-state index in [2.05, 4.69) is 5.32 Å². The molecule has 0 spiro atoms. The molecule has 2 fully saturated rings. The summed E-state index contributed by atoms with van der Waals surface area (Å²) in [6.07, 6.45) is 5.21. The van der Waals surface area contributed by atoms with Crippen molar-refractivity contribution in [1.82, 2.24) is 9.62 Å². The molecule has 16 heavy (non-hydrogen) atoms. The number of hydrogen-bond acceptors (Lipinski definition) is 3. The third kappa shape index (κ3) is 3.18. The van der Waals surface area contributed by atoms with Crippen LogP contribution in [0.2, 0.25) is 0 Å². The number of nitrogens with one attached hydrogen (secondary N) is 1. The van der Waals surface area contributed by atoms with Crippen molar-refractivity contribution in [1.29, 1.82) is 0 Å². The smallest absolute Gasteiger partial charge is 0.214 e. The first-order valence-corrected chi connectivity index (χ1v) is 7.87. The van der Waals surface area contributed by atoms with Crippen molar-refractivity contribution < 1.29 is 8.42 Å². The van der Waals surface area contributed by atoms with Gasteiger partial charge in [-0.05, 0) is 51.1 Å². The molecule has 0 aromatic carbocycles. The molecule has 1 unspecified atom stereocenters. The maximum absolute atomic E-state index is 12.1. The van der Waals surface area contributed by atoms with E-state index in [0.717, 1.165) is 45.2 Å². The largest absolute Gasteiger partial charge is 0.317 e. The van der Waals surface area contributed by atoms with Crippen molar-refractivity contribution in [3.63, 3.8) is 0 Å². The summed E-state index contributed by atoms with van der Waals surface area (Å²) in [6.45, 7) is 1.96. The fourth-order valence-electron chi connectivity index (χ4n) is 2.29. The van der Waals surface area contributed by atoms with Gasteiger partial charge in [0, 0.05) is 13.1 Å². The molecule has 2 aliphatic rings. The van der Waals surface area contributed by atoms with E-state index in [0.29, 0.717) is 11.7 Å². The average molecular weight is 246 g/mol.